The number of rotatable bonds is 6. The first-order valence-electron chi connectivity index (χ1n) is 7.85. The van der Waals surface area contributed by atoms with Gasteiger partial charge in [0.15, 0.2) is 0 Å². The Labute approximate surface area is 132 Å². The zero-order chi connectivity index (χ0) is 16.9. The van der Waals surface area contributed by atoms with Crippen LogP contribution < -0.4 is 5.32 Å². The smallest absolute Gasteiger partial charge is 0.390 e. The molecule has 1 aliphatic carbocycles. The summed E-state index contributed by atoms with van der Waals surface area (Å²) in [5.74, 6) is 0.315. The SMILES string of the molecule is O=C(NC[C@H]1CCC[C@@H](CO)C1)c1cnn(CCC(F)(F)F)c1. The van der Waals surface area contributed by atoms with Gasteiger partial charge < -0.3 is 10.4 Å². The first-order chi connectivity index (χ1) is 10.9. The van der Waals surface area contributed by atoms with Crippen LogP contribution in [0.1, 0.15) is 42.5 Å². The van der Waals surface area contributed by atoms with E-state index in [1.165, 1.54) is 12.4 Å². The third-order valence-corrected chi connectivity index (χ3v) is 4.22. The molecule has 1 aromatic rings. The monoisotopic (exact) mass is 333 g/mol. The molecule has 2 rings (SSSR count). The van der Waals surface area contributed by atoms with Crippen molar-refractivity contribution in [2.45, 2.75) is 44.8 Å². The molecule has 0 radical (unpaired) electrons. The molecule has 5 nitrogen and oxygen atoms in total. The summed E-state index contributed by atoms with van der Waals surface area (Å²) in [6, 6.07) is 0. The van der Waals surface area contributed by atoms with E-state index >= 15 is 0 Å². The van der Waals surface area contributed by atoms with Crippen molar-refractivity contribution >= 4 is 5.91 Å². The Kier molecular flexibility index (Phi) is 6.04. The predicted molar refractivity (Wildman–Crippen MR) is 77.8 cm³/mol. The molecule has 0 saturated heterocycles. The number of aryl methyl sites for hydroxylation is 1. The molecule has 1 fully saturated rings. The number of aliphatic hydroxyl groups excluding tert-OH is 1. The van der Waals surface area contributed by atoms with E-state index in [1.54, 1.807) is 0 Å². The van der Waals surface area contributed by atoms with Crippen LogP contribution in [0.4, 0.5) is 13.2 Å². The average molecular weight is 333 g/mol. The lowest BCUT2D eigenvalue weighted by Crippen LogP contribution is -2.32. The molecule has 8 heteroatoms. The molecule has 1 amide bonds. The molecule has 0 aromatic carbocycles. The third-order valence-electron chi connectivity index (χ3n) is 4.22. The maximum Gasteiger partial charge on any atom is 0.390 e. The molecule has 0 unspecified atom stereocenters. The molecule has 1 saturated carbocycles. The first-order valence-corrected chi connectivity index (χ1v) is 7.85. The van der Waals surface area contributed by atoms with Crippen LogP contribution in [0.25, 0.3) is 0 Å². The van der Waals surface area contributed by atoms with Gasteiger partial charge in [0.1, 0.15) is 0 Å². The van der Waals surface area contributed by atoms with Crippen LogP contribution in [0.2, 0.25) is 0 Å². The molecule has 23 heavy (non-hydrogen) atoms. The molecule has 1 heterocycles. The van der Waals surface area contributed by atoms with Crippen LogP contribution in [-0.4, -0.2) is 40.1 Å². The van der Waals surface area contributed by atoms with E-state index in [4.69, 9.17) is 0 Å². The summed E-state index contributed by atoms with van der Waals surface area (Å²) >= 11 is 0. The quantitative estimate of drug-likeness (QED) is 0.840. The van der Waals surface area contributed by atoms with Gasteiger partial charge in [-0.3, -0.25) is 9.48 Å². The van der Waals surface area contributed by atoms with Crippen LogP contribution in [-0.2, 0) is 6.54 Å². The van der Waals surface area contributed by atoms with Crippen molar-refractivity contribution < 1.29 is 23.1 Å². The number of aliphatic hydroxyl groups is 1. The number of carbonyl (C=O) groups excluding carboxylic acids is 1. The number of hydrogen-bond acceptors (Lipinski definition) is 3. The molecule has 2 atom stereocenters. The van der Waals surface area contributed by atoms with Gasteiger partial charge in [-0.25, -0.2) is 0 Å². The number of alkyl halides is 3. The summed E-state index contributed by atoms with van der Waals surface area (Å²) in [6.45, 7) is 0.400. The van der Waals surface area contributed by atoms with Gasteiger partial charge in [-0.2, -0.15) is 18.3 Å². The Bertz CT molecular complexity index is 516. The van der Waals surface area contributed by atoms with E-state index in [0.717, 1.165) is 30.4 Å². The molecular weight excluding hydrogens is 311 g/mol. The second-order valence-electron chi connectivity index (χ2n) is 6.15. The van der Waals surface area contributed by atoms with Crippen LogP contribution in [0.3, 0.4) is 0 Å². The Morgan fingerprint density at radius 1 is 1.39 bits per heavy atom. The number of nitrogens with one attached hydrogen (secondary N) is 1. The van der Waals surface area contributed by atoms with Gasteiger partial charge >= 0.3 is 6.18 Å². The predicted octanol–water partition coefficient (Wildman–Crippen LogP) is 2.36. The van der Waals surface area contributed by atoms with E-state index in [1.807, 2.05) is 0 Å². The van der Waals surface area contributed by atoms with Crippen LogP contribution in [0, 0.1) is 11.8 Å². The summed E-state index contributed by atoms with van der Waals surface area (Å²) in [4.78, 5) is 12.0. The number of halogens is 3. The summed E-state index contributed by atoms with van der Waals surface area (Å²) in [7, 11) is 0. The van der Waals surface area contributed by atoms with Crippen LogP contribution >= 0.6 is 0 Å². The van der Waals surface area contributed by atoms with Gasteiger partial charge in [-0.05, 0) is 31.1 Å². The van der Waals surface area contributed by atoms with Crippen molar-refractivity contribution in [2.24, 2.45) is 11.8 Å². The minimum absolute atomic E-state index is 0.177. The molecule has 0 spiro atoms. The van der Waals surface area contributed by atoms with Gasteiger partial charge in [0.05, 0.1) is 18.2 Å². The standard InChI is InChI=1S/C15H22F3N3O2/c16-15(17,18)4-5-21-9-13(8-20-21)14(23)19-7-11-2-1-3-12(6-11)10-22/h8-9,11-12,22H,1-7,10H2,(H,19,23)/t11-,12+/m0/s1. The zero-order valence-corrected chi connectivity index (χ0v) is 12.9. The van der Waals surface area contributed by atoms with E-state index in [9.17, 15) is 23.1 Å². The number of nitrogens with zero attached hydrogens (tertiary/aromatic N) is 2. The third kappa shape index (κ3) is 5.85. The number of hydrogen-bond donors (Lipinski definition) is 2. The largest absolute Gasteiger partial charge is 0.396 e. The van der Waals surface area contributed by atoms with Crippen LogP contribution in [0.15, 0.2) is 12.4 Å². The van der Waals surface area contributed by atoms with E-state index in [0.29, 0.717) is 18.4 Å². The van der Waals surface area contributed by atoms with E-state index < -0.39 is 12.6 Å². The van der Waals surface area contributed by atoms with Crippen molar-refractivity contribution in [3.63, 3.8) is 0 Å². The highest BCUT2D eigenvalue weighted by Crippen LogP contribution is 2.28. The Morgan fingerprint density at radius 3 is 2.83 bits per heavy atom. The summed E-state index contributed by atoms with van der Waals surface area (Å²) in [5.41, 5.74) is 0.265. The van der Waals surface area contributed by atoms with Gasteiger partial charge in [-0.15, -0.1) is 0 Å². The lowest BCUT2D eigenvalue weighted by atomic mass is 9.82. The van der Waals surface area contributed by atoms with Crippen molar-refractivity contribution in [2.75, 3.05) is 13.2 Å². The molecular formula is C15H22F3N3O2. The van der Waals surface area contributed by atoms with Gasteiger partial charge in [0.2, 0.25) is 0 Å². The fourth-order valence-corrected chi connectivity index (χ4v) is 2.94. The highest BCUT2D eigenvalue weighted by molar-refractivity contribution is 5.93. The number of aromatic nitrogens is 2. The fourth-order valence-electron chi connectivity index (χ4n) is 2.94. The van der Waals surface area contributed by atoms with Gasteiger partial charge in [0.25, 0.3) is 5.91 Å². The highest BCUT2D eigenvalue weighted by atomic mass is 19.4. The molecule has 1 aliphatic rings. The maximum absolute atomic E-state index is 12.2. The minimum Gasteiger partial charge on any atom is -0.396 e. The summed E-state index contributed by atoms with van der Waals surface area (Å²) < 4.78 is 37.6. The van der Waals surface area contributed by atoms with Crippen molar-refractivity contribution in [1.82, 2.24) is 15.1 Å². The number of amides is 1. The van der Waals surface area contributed by atoms with Crippen molar-refractivity contribution in [3.05, 3.63) is 18.0 Å². The topological polar surface area (TPSA) is 67.2 Å². The van der Waals surface area contributed by atoms with Crippen LogP contribution in [0.5, 0.6) is 0 Å². The minimum atomic E-state index is -4.24. The lowest BCUT2D eigenvalue weighted by Gasteiger charge is -2.27. The second kappa shape index (κ2) is 7.81. The molecule has 0 bridgehead atoms. The zero-order valence-electron chi connectivity index (χ0n) is 12.9. The Hall–Kier alpha value is -1.57. The molecule has 1 aromatic heterocycles. The highest BCUT2D eigenvalue weighted by Gasteiger charge is 2.27. The Balaban J connectivity index is 1.78. The van der Waals surface area contributed by atoms with E-state index in [2.05, 4.69) is 10.4 Å². The maximum atomic E-state index is 12.2. The van der Waals surface area contributed by atoms with Gasteiger partial charge in [0, 0.05) is 25.9 Å². The summed E-state index contributed by atoms with van der Waals surface area (Å²) in [6.07, 6.45) is 1.37. The van der Waals surface area contributed by atoms with Crippen molar-refractivity contribution in [1.29, 1.82) is 0 Å². The van der Waals surface area contributed by atoms with Crippen molar-refractivity contribution in [3.8, 4) is 0 Å². The summed E-state index contributed by atoms with van der Waals surface area (Å²) in [5, 5.41) is 15.8. The second-order valence-corrected chi connectivity index (χ2v) is 6.15. The fraction of sp³-hybridized carbons (Fsp3) is 0.733. The van der Waals surface area contributed by atoms with E-state index in [-0.39, 0.29) is 24.6 Å². The lowest BCUT2D eigenvalue weighted by molar-refractivity contribution is -0.137. The first kappa shape index (κ1) is 17.8. The number of carbonyl (C=O) groups is 1. The normalized spacial score (nSPS) is 22.1. The Morgan fingerprint density at radius 2 is 2.13 bits per heavy atom. The molecule has 130 valence electrons. The average Bonchev–Trinajstić information content (AvgIpc) is 2.99. The van der Waals surface area contributed by atoms with Gasteiger partial charge in [-0.1, -0.05) is 6.42 Å². The molecule has 2 N–H and O–H groups in total. The molecule has 0 aliphatic heterocycles.